The van der Waals surface area contributed by atoms with Crippen LogP contribution >= 0.6 is 11.6 Å². The Morgan fingerprint density at radius 1 is 1.19 bits per heavy atom. The first-order valence-electron chi connectivity index (χ1n) is 6.36. The SMILES string of the molecule is NCc1cc2c(cc1OCc1ccc(F)c(Cl)c1)OCO2. The lowest BCUT2D eigenvalue weighted by molar-refractivity contribution is 0.173. The molecule has 0 saturated heterocycles. The van der Waals surface area contributed by atoms with E-state index in [1.54, 1.807) is 18.2 Å². The molecule has 2 aromatic rings. The van der Waals surface area contributed by atoms with Gasteiger partial charge in [-0.25, -0.2) is 4.39 Å². The lowest BCUT2D eigenvalue weighted by atomic mass is 10.1. The van der Waals surface area contributed by atoms with E-state index in [1.165, 1.54) is 12.1 Å². The molecule has 0 aromatic heterocycles. The maximum Gasteiger partial charge on any atom is 0.231 e. The van der Waals surface area contributed by atoms with Gasteiger partial charge in [0.2, 0.25) is 6.79 Å². The van der Waals surface area contributed by atoms with Gasteiger partial charge in [-0.2, -0.15) is 0 Å². The Bertz CT molecular complexity index is 678. The van der Waals surface area contributed by atoms with Crippen LogP contribution in [0.25, 0.3) is 0 Å². The van der Waals surface area contributed by atoms with Crippen molar-refractivity contribution < 1.29 is 18.6 Å². The van der Waals surface area contributed by atoms with Crippen LogP contribution in [0.5, 0.6) is 17.2 Å². The second-order valence-electron chi connectivity index (χ2n) is 4.55. The van der Waals surface area contributed by atoms with Crippen molar-refractivity contribution in [3.63, 3.8) is 0 Å². The molecular weight excluding hydrogens is 297 g/mol. The molecule has 0 radical (unpaired) electrons. The highest BCUT2D eigenvalue weighted by atomic mass is 35.5. The van der Waals surface area contributed by atoms with Gasteiger partial charge in [-0.15, -0.1) is 0 Å². The van der Waals surface area contributed by atoms with E-state index in [1.807, 2.05) is 0 Å². The first kappa shape index (κ1) is 14.0. The monoisotopic (exact) mass is 309 g/mol. The van der Waals surface area contributed by atoms with Gasteiger partial charge in [0, 0.05) is 18.2 Å². The number of nitrogens with two attached hydrogens (primary N) is 1. The van der Waals surface area contributed by atoms with Gasteiger partial charge in [0.1, 0.15) is 18.2 Å². The second-order valence-corrected chi connectivity index (χ2v) is 4.96. The van der Waals surface area contributed by atoms with Crippen molar-refractivity contribution in [1.82, 2.24) is 0 Å². The minimum atomic E-state index is -0.453. The van der Waals surface area contributed by atoms with Crippen molar-refractivity contribution in [3.05, 3.63) is 52.3 Å². The van der Waals surface area contributed by atoms with Crippen molar-refractivity contribution in [3.8, 4) is 17.2 Å². The fourth-order valence-corrected chi connectivity index (χ4v) is 2.25. The summed E-state index contributed by atoms with van der Waals surface area (Å²) in [5, 5.41) is 0.0702. The average molecular weight is 310 g/mol. The van der Waals surface area contributed by atoms with E-state index < -0.39 is 5.82 Å². The van der Waals surface area contributed by atoms with Crippen molar-refractivity contribution in [2.75, 3.05) is 6.79 Å². The Labute approximate surface area is 126 Å². The first-order valence-corrected chi connectivity index (χ1v) is 6.74. The highest BCUT2D eigenvalue weighted by molar-refractivity contribution is 6.30. The highest BCUT2D eigenvalue weighted by Crippen LogP contribution is 2.38. The summed E-state index contributed by atoms with van der Waals surface area (Å²) in [5.41, 5.74) is 7.29. The van der Waals surface area contributed by atoms with E-state index in [9.17, 15) is 4.39 Å². The Hall–Kier alpha value is -1.98. The maximum absolute atomic E-state index is 13.1. The van der Waals surface area contributed by atoms with Gasteiger partial charge in [-0.05, 0) is 23.8 Å². The van der Waals surface area contributed by atoms with Crippen molar-refractivity contribution in [2.24, 2.45) is 5.73 Å². The third-order valence-corrected chi connectivity index (χ3v) is 3.44. The molecule has 0 saturated carbocycles. The summed E-state index contributed by atoms with van der Waals surface area (Å²) in [5.74, 6) is 1.44. The zero-order valence-electron chi connectivity index (χ0n) is 11.1. The van der Waals surface area contributed by atoms with Gasteiger partial charge < -0.3 is 19.9 Å². The molecule has 6 heteroatoms. The zero-order valence-corrected chi connectivity index (χ0v) is 11.8. The topological polar surface area (TPSA) is 53.7 Å². The van der Waals surface area contributed by atoms with Crippen LogP contribution in [0.1, 0.15) is 11.1 Å². The minimum absolute atomic E-state index is 0.0702. The summed E-state index contributed by atoms with van der Waals surface area (Å²) in [6.07, 6.45) is 0. The lowest BCUT2D eigenvalue weighted by Gasteiger charge is -2.12. The number of rotatable bonds is 4. The van der Waals surface area contributed by atoms with Gasteiger partial charge in [0.05, 0.1) is 5.02 Å². The quantitative estimate of drug-likeness (QED) is 0.942. The number of ether oxygens (including phenoxy) is 3. The van der Waals surface area contributed by atoms with Gasteiger partial charge in [0.15, 0.2) is 11.5 Å². The summed E-state index contributed by atoms with van der Waals surface area (Å²) < 4.78 is 29.5. The largest absolute Gasteiger partial charge is 0.488 e. The third-order valence-electron chi connectivity index (χ3n) is 3.15. The van der Waals surface area contributed by atoms with E-state index >= 15 is 0 Å². The van der Waals surface area contributed by atoms with Crippen LogP contribution < -0.4 is 19.9 Å². The van der Waals surface area contributed by atoms with E-state index in [2.05, 4.69) is 0 Å². The molecule has 0 bridgehead atoms. The molecular formula is C15H13ClFNO3. The smallest absolute Gasteiger partial charge is 0.231 e. The van der Waals surface area contributed by atoms with E-state index in [4.69, 9.17) is 31.5 Å². The van der Waals surface area contributed by atoms with Gasteiger partial charge in [-0.3, -0.25) is 0 Å². The van der Waals surface area contributed by atoms with E-state index in [-0.39, 0.29) is 18.4 Å². The number of halogens is 2. The molecule has 110 valence electrons. The Balaban J connectivity index is 1.79. The third kappa shape index (κ3) is 2.89. The molecule has 4 nitrogen and oxygen atoms in total. The maximum atomic E-state index is 13.1. The number of fused-ring (bicyclic) bond motifs is 1. The molecule has 0 fully saturated rings. The van der Waals surface area contributed by atoms with Crippen LogP contribution in [0.15, 0.2) is 30.3 Å². The molecule has 1 aliphatic rings. The summed E-state index contributed by atoms with van der Waals surface area (Å²) in [6, 6.07) is 8.01. The molecule has 0 atom stereocenters. The van der Waals surface area contributed by atoms with E-state index in [0.717, 1.165) is 11.1 Å². The fourth-order valence-electron chi connectivity index (χ4n) is 2.05. The first-order chi connectivity index (χ1) is 10.2. The normalized spacial score (nSPS) is 12.5. The van der Waals surface area contributed by atoms with Crippen LogP contribution in [0.3, 0.4) is 0 Å². The van der Waals surface area contributed by atoms with Gasteiger partial charge in [0.25, 0.3) is 0 Å². The molecule has 2 N–H and O–H groups in total. The van der Waals surface area contributed by atoms with Crippen LogP contribution in [-0.4, -0.2) is 6.79 Å². The minimum Gasteiger partial charge on any atom is -0.488 e. The molecule has 3 rings (SSSR count). The van der Waals surface area contributed by atoms with Crippen LogP contribution in [0.2, 0.25) is 5.02 Å². The Kier molecular flexibility index (Phi) is 3.86. The second kappa shape index (κ2) is 5.79. The van der Waals surface area contributed by atoms with Crippen LogP contribution in [0.4, 0.5) is 4.39 Å². The lowest BCUT2D eigenvalue weighted by Crippen LogP contribution is -2.03. The molecule has 0 amide bonds. The number of hydrogen-bond donors (Lipinski definition) is 1. The van der Waals surface area contributed by atoms with Crippen molar-refractivity contribution >= 4 is 11.6 Å². The van der Waals surface area contributed by atoms with Crippen molar-refractivity contribution in [2.45, 2.75) is 13.2 Å². The summed E-state index contributed by atoms with van der Waals surface area (Å²) in [7, 11) is 0. The highest BCUT2D eigenvalue weighted by Gasteiger charge is 2.17. The molecule has 0 unspecified atom stereocenters. The standard InChI is InChI=1S/C15H13ClFNO3/c16-11-3-9(1-2-12(11)17)7-19-13-5-15-14(20-8-21-15)4-10(13)6-18/h1-5H,6-8,18H2. The molecule has 0 spiro atoms. The molecule has 0 aliphatic carbocycles. The Morgan fingerprint density at radius 3 is 2.67 bits per heavy atom. The number of benzene rings is 2. The van der Waals surface area contributed by atoms with Crippen molar-refractivity contribution in [1.29, 1.82) is 0 Å². The molecule has 2 aromatic carbocycles. The fraction of sp³-hybridized carbons (Fsp3) is 0.200. The summed E-state index contributed by atoms with van der Waals surface area (Å²) in [4.78, 5) is 0. The van der Waals surface area contributed by atoms with Gasteiger partial charge in [-0.1, -0.05) is 17.7 Å². The predicted octanol–water partition coefficient (Wildman–Crippen LogP) is 3.25. The zero-order chi connectivity index (χ0) is 14.8. The van der Waals surface area contributed by atoms with Crippen LogP contribution in [0, 0.1) is 5.82 Å². The van der Waals surface area contributed by atoms with Gasteiger partial charge >= 0.3 is 0 Å². The van der Waals surface area contributed by atoms with Crippen LogP contribution in [-0.2, 0) is 13.2 Å². The Morgan fingerprint density at radius 2 is 1.95 bits per heavy atom. The predicted molar refractivity (Wildman–Crippen MR) is 76.2 cm³/mol. The number of hydrogen-bond acceptors (Lipinski definition) is 4. The average Bonchev–Trinajstić information content (AvgIpc) is 2.94. The summed E-state index contributed by atoms with van der Waals surface area (Å²) >= 11 is 5.74. The summed E-state index contributed by atoms with van der Waals surface area (Å²) in [6.45, 7) is 0.763. The molecule has 21 heavy (non-hydrogen) atoms. The molecule has 1 heterocycles. The molecule has 1 aliphatic heterocycles. The van der Waals surface area contributed by atoms with E-state index in [0.29, 0.717) is 23.8 Å².